The minimum atomic E-state index is 0.431. The van der Waals surface area contributed by atoms with Crippen molar-refractivity contribution < 1.29 is 4.79 Å². The number of allylic oxidation sites excluding steroid dienone is 1. The highest BCUT2D eigenvalue weighted by atomic mass is 16.1. The van der Waals surface area contributed by atoms with Crippen molar-refractivity contribution >= 4 is 5.78 Å². The Morgan fingerprint density at radius 3 is 2.00 bits per heavy atom. The molecular weight excluding hydrogens is 220 g/mol. The zero-order chi connectivity index (χ0) is 12.8. The van der Waals surface area contributed by atoms with E-state index < -0.39 is 0 Å². The highest BCUT2D eigenvalue weighted by molar-refractivity contribution is 5.79. The summed E-state index contributed by atoms with van der Waals surface area (Å²) in [5.74, 6) is 3.39. The molecule has 0 aromatic carbocycles. The van der Waals surface area contributed by atoms with Gasteiger partial charge >= 0.3 is 0 Å². The summed E-state index contributed by atoms with van der Waals surface area (Å²) >= 11 is 0. The number of Topliss-reactive ketones (excluding diaryl/α,β-unsaturated/α-hetero) is 1. The second-order valence-corrected chi connectivity index (χ2v) is 7.59. The van der Waals surface area contributed by atoms with Crippen LogP contribution in [0.5, 0.6) is 0 Å². The van der Waals surface area contributed by atoms with E-state index in [9.17, 15) is 4.79 Å². The van der Waals surface area contributed by atoms with Gasteiger partial charge in [-0.15, -0.1) is 6.58 Å². The molecule has 0 aliphatic heterocycles. The van der Waals surface area contributed by atoms with Crippen LogP contribution >= 0.6 is 0 Å². The van der Waals surface area contributed by atoms with Gasteiger partial charge in [0.05, 0.1) is 0 Å². The normalized spacial score (nSPS) is 41.1. The SMILES string of the molecule is C=C(C)CCC(=O)CC12CC3CC(CC(C3)C1)C2. The molecule has 4 saturated carbocycles. The molecule has 1 nitrogen and oxygen atoms in total. The number of ketones is 1. The molecule has 4 rings (SSSR count). The minimum Gasteiger partial charge on any atom is -0.300 e. The van der Waals surface area contributed by atoms with Crippen LogP contribution in [0.25, 0.3) is 0 Å². The molecule has 0 spiro atoms. The van der Waals surface area contributed by atoms with Gasteiger partial charge in [-0.25, -0.2) is 0 Å². The third-order valence-electron chi connectivity index (χ3n) is 5.57. The van der Waals surface area contributed by atoms with Gasteiger partial charge in [-0.3, -0.25) is 4.79 Å². The maximum Gasteiger partial charge on any atom is 0.133 e. The Morgan fingerprint density at radius 2 is 1.56 bits per heavy atom. The summed E-state index contributed by atoms with van der Waals surface area (Å²) < 4.78 is 0. The molecule has 4 fully saturated rings. The van der Waals surface area contributed by atoms with Crippen LogP contribution in [0.4, 0.5) is 0 Å². The van der Waals surface area contributed by atoms with E-state index in [-0.39, 0.29) is 0 Å². The molecule has 18 heavy (non-hydrogen) atoms. The maximum absolute atomic E-state index is 12.2. The number of carbonyl (C=O) groups is 1. The monoisotopic (exact) mass is 246 g/mol. The average Bonchev–Trinajstić information content (AvgIpc) is 2.23. The highest BCUT2D eigenvalue weighted by Gasteiger charge is 2.51. The smallest absolute Gasteiger partial charge is 0.133 e. The van der Waals surface area contributed by atoms with Gasteiger partial charge in [0.25, 0.3) is 0 Å². The van der Waals surface area contributed by atoms with Crippen LogP contribution in [0, 0.1) is 23.2 Å². The van der Waals surface area contributed by atoms with Crippen LogP contribution in [-0.4, -0.2) is 5.78 Å². The van der Waals surface area contributed by atoms with E-state index in [0.29, 0.717) is 11.2 Å². The van der Waals surface area contributed by atoms with Crippen molar-refractivity contribution in [3.05, 3.63) is 12.2 Å². The first-order chi connectivity index (χ1) is 8.55. The Hall–Kier alpha value is -0.590. The molecule has 4 bridgehead atoms. The van der Waals surface area contributed by atoms with Crippen molar-refractivity contribution in [1.29, 1.82) is 0 Å². The van der Waals surface area contributed by atoms with Gasteiger partial charge in [-0.2, -0.15) is 0 Å². The summed E-state index contributed by atoms with van der Waals surface area (Å²) in [5.41, 5.74) is 1.58. The lowest BCUT2D eigenvalue weighted by Gasteiger charge is -2.56. The molecule has 0 unspecified atom stereocenters. The van der Waals surface area contributed by atoms with Gasteiger partial charge in [0.1, 0.15) is 5.78 Å². The first-order valence-corrected chi connectivity index (χ1v) is 7.71. The van der Waals surface area contributed by atoms with Crippen molar-refractivity contribution in [3.8, 4) is 0 Å². The van der Waals surface area contributed by atoms with E-state index in [1.54, 1.807) is 0 Å². The lowest BCUT2D eigenvalue weighted by Crippen LogP contribution is -2.46. The fourth-order valence-electron chi connectivity index (χ4n) is 5.37. The molecular formula is C17H26O. The highest BCUT2D eigenvalue weighted by Crippen LogP contribution is 2.61. The second kappa shape index (κ2) is 4.51. The summed E-state index contributed by atoms with van der Waals surface area (Å²) in [6.07, 6.45) is 11.0. The first kappa shape index (κ1) is 12.4. The Bertz CT molecular complexity index is 331. The van der Waals surface area contributed by atoms with E-state index in [1.807, 2.05) is 6.92 Å². The van der Waals surface area contributed by atoms with E-state index in [1.165, 1.54) is 38.5 Å². The molecule has 1 heteroatoms. The third-order valence-corrected chi connectivity index (χ3v) is 5.57. The lowest BCUT2D eigenvalue weighted by molar-refractivity contribution is -0.127. The van der Waals surface area contributed by atoms with Gasteiger partial charge in [0.2, 0.25) is 0 Å². The van der Waals surface area contributed by atoms with Gasteiger partial charge in [0, 0.05) is 12.8 Å². The predicted molar refractivity (Wildman–Crippen MR) is 74.3 cm³/mol. The number of hydrogen-bond acceptors (Lipinski definition) is 1. The van der Waals surface area contributed by atoms with E-state index in [2.05, 4.69) is 6.58 Å². The Morgan fingerprint density at radius 1 is 1.06 bits per heavy atom. The van der Waals surface area contributed by atoms with Crippen molar-refractivity contribution in [1.82, 2.24) is 0 Å². The third kappa shape index (κ3) is 2.41. The molecule has 4 aliphatic carbocycles. The van der Waals surface area contributed by atoms with Crippen LogP contribution < -0.4 is 0 Å². The summed E-state index contributed by atoms with van der Waals surface area (Å²) in [4.78, 5) is 12.2. The summed E-state index contributed by atoms with van der Waals surface area (Å²) in [6.45, 7) is 5.93. The molecule has 100 valence electrons. The zero-order valence-corrected chi connectivity index (χ0v) is 11.7. The predicted octanol–water partition coefficient (Wildman–Crippen LogP) is 4.52. The average molecular weight is 246 g/mol. The molecule has 0 aromatic heterocycles. The summed E-state index contributed by atoms with van der Waals surface area (Å²) in [7, 11) is 0. The van der Waals surface area contributed by atoms with Crippen LogP contribution in [0.3, 0.4) is 0 Å². The van der Waals surface area contributed by atoms with Crippen molar-refractivity contribution in [2.24, 2.45) is 23.2 Å². The van der Waals surface area contributed by atoms with E-state index in [4.69, 9.17) is 0 Å². The molecule has 0 N–H and O–H groups in total. The molecule has 0 atom stereocenters. The quantitative estimate of drug-likeness (QED) is 0.652. The number of rotatable bonds is 5. The van der Waals surface area contributed by atoms with Gasteiger partial charge in [0.15, 0.2) is 0 Å². The minimum absolute atomic E-state index is 0.431. The van der Waals surface area contributed by atoms with Gasteiger partial charge < -0.3 is 0 Å². The van der Waals surface area contributed by atoms with Crippen LogP contribution in [0.1, 0.15) is 64.7 Å². The standard InChI is InChI=1S/C17H26O/c1-12(2)3-4-16(18)11-17-8-13-5-14(9-17)7-15(6-13)10-17/h13-15H,1,3-11H2,2H3. The van der Waals surface area contributed by atoms with Gasteiger partial charge in [-0.1, -0.05) is 5.57 Å². The molecule has 0 radical (unpaired) electrons. The van der Waals surface area contributed by atoms with Crippen LogP contribution in [0.2, 0.25) is 0 Å². The Kier molecular flexibility index (Phi) is 3.11. The molecule has 0 heterocycles. The summed E-state index contributed by atoms with van der Waals surface area (Å²) in [5, 5.41) is 0. The summed E-state index contributed by atoms with van der Waals surface area (Å²) in [6, 6.07) is 0. The lowest BCUT2D eigenvalue weighted by atomic mass is 9.48. The van der Waals surface area contributed by atoms with E-state index >= 15 is 0 Å². The fraction of sp³-hybridized carbons (Fsp3) is 0.824. The van der Waals surface area contributed by atoms with Crippen molar-refractivity contribution in [3.63, 3.8) is 0 Å². The first-order valence-electron chi connectivity index (χ1n) is 7.71. The van der Waals surface area contributed by atoms with E-state index in [0.717, 1.165) is 42.6 Å². The second-order valence-electron chi connectivity index (χ2n) is 7.59. The van der Waals surface area contributed by atoms with Crippen molar-refractivity contribution in [2.45, 2.75) is 64.7 Å². The molecule has 0 aromatic rings. The van der Waals surface area contributed by atoms with Crippen LogP contribution in [-0.2, 0) is 4.79 Å². The maximum atomic E-state index is 12.2. The van der Waals surface area contributed by atoms with Gasteiger partial charge in [-0.05, 0) is 75.0 Å². The molecule has 0 amide bonds. The van der Waals surface area contributed by atoms with Crippen LogP contribution in [0.15, 0.2) is 12.2 Å². The largest absolute Gasteiger partial charge is 0.300 e. The topological polar surface area (TPSA) is 17.1 Å². The molecule has 4 aliphatic rings. The number of carbonyl (C=O) groups excluding carboxylic acids is 1. The number of hydrogen-bond donors (Lipinski definition) is 0. The Labute approximate surface area is 111 Å². The van der Waals surface area contributed by atoms with Crippen molar-refractivity contribution in [2.75, 3.05) is 0 Å². The zero-order valence-electron chi connectivity index (χ0n) is 11.7. The Balaban J connectivity index is 1.61. The molecule has 0 saturated heterocycles. The fourth-order valence-corrected chi connectivity index (χ4v) is 5.37.